The van der Waals surface area contributed by atoms with E-state index in [4.69, 9.17) is 0 Å². The smallest absolute Gasteiger partial charge is 0.0511 e. The first kappa shape index (κ1) is 11.5. The van der Waals surface area contributed by atoms with Gasteiger partial charge in [0.2, 0.25) is 0 Å². The summed E-state index contributed by atoms with van der Waals surface area (Å²) in [5, 5.41) is 0. The Morgan fingerprint density at radius 1 is 1.50 bits per heavy atom. The van der Waals surface area contributed by atoms with Crippen LogP contribution in [-0.2, 0) is 9.71 Å². The van der Waals surface area contributed by atoms with Crippen LogP contribution < -0.4 is 0 Å². The maximum atomic E-state index is 11.8. The third-order valence-electron chi connectivity index (χ3n) is 1.62. The van der Waals surface area contributed by atoms with Gasteiger partial charge in [0, 0.05) is 4.91 Å². The second-order valence-corrected chi connectivity index (χ2v) is 5.41. The third kappa shape index (κ3) is 2.83. The molecule has 1 atom stereocenters. The molecule has 0 fully saturated rings. The fourth-order valence-corrected chi connectivity index (χ4v) is 1.49. The molecule has 12 heavy (non-hydrogen) atoms. The summed E-state index contributed by atoms with van der Waals surface area (Å²) in [6.07, 6.45) is 5.59. The van der Waals surface area contributed by atoms with Gasteiger partial charge in [-0.2, -0.15) is 0 Å². The summed E-state index contributed by atoms with van der Waals surface area (Å²) >= 11 is 0. The zero-order valence-corrected chi connectivity index (χ0v) is 9.02. The molecule has 0 spiro atoms. The monoisotopic (exact) mass is 187 g/mol. The Bertz CT molecular complexity index is 284. The van der Waals surface area contributed by atoms with Gasteiger partial charge in [-0.25, -0.2) is 8.51 Å². The summed E-state index contributed by atoms with van der Waals surface area (Å²) in [5.41, 5.74) is 0. The topological polar surface area (TPSA) is 20.3 Å². The van der Waals surface area contributed by atoms with E-state index in [1.807, 2.05) is 32.1 Å². The predicted molar refractivity (Wildman–Crippen MR) is 57.5 cm³/mol. The molecule has 0 heterocycles. The maximum absolute atomic E-state index is 11.8. The van der Waals surface area contributed by atoms with Crippen LogP contribution >= 0.6 is 0 Å². The summed E-state index contributed by atoms with van der Waals surface area (Å²) in [5.74, 6) is 3.67. The van der Waals surface area contributed by atoms with Gasteiger partial charge in [0.05, 0.1) is 9.71 Å². The molecular formula is C9H17NOS. The molecule has 0 aromatic heterocycles. The third-order valence-corrected chi connectivity index (χ3v) is 3.94. The molecule has 70 valence electrons. The number of rotatable bonds is 3. The molecule has 0 rings (SSSR count). The molecule has 0 radical (unpaired) electrons. The van der Waals surface area contributed by atoms with E-state index in [2.05, 4.69) is 5.87 Å². The maximum Gasteiger partial charge on any atom is 0.0511 e. The predicted octanol–water partition coefficient (Wildman–Crippen LogP) is 1.66. The van der Waals surface area contributed by atoms with Crippen molar-refractivity contribution in [3.8, 4) is 0 Å². The van der Waals surface area contributed by atoms with Gasteiger partial charge < -0.3 is 0 Å². The highest BCUT2D eigenvalue weighted by molar-refractivity contribution is 8.01. The summed E-state index contributed by atoms with van der Waals surface area (Å²) < 4.78 is 13.4. The molecule has 1 unspecified atom stereocenters. The van der Waals surface area contributed by atoms with Gasteiger partial charge in [0.25, 0.3) is 0 Å². The van der Waals surface area contributed by atoms with Crippen LogP contribution in [0, 0.1) is 0 Å². The number of hydrogen-bond donors (Lipinski definition) is 0. The molecule has 0 saturated heterocycles. The molecule has 0 aromatic carbocycles. The van der Waals surface area contributed by atoms with Crippen molar-refractivity contribution in [3.63, 3.8) is 0 Å². The van der Waals surface area contributed by atoms with Crippen molar-refractivity contribution in [2.45, 2.75) is 13.8 Å². The van der Waals surface area contributed by atoms with Crippen LogP contribution in [0.15, 0.2) is 23.1 Å². The molecule has 3 heteroatoms. The summed E-state index contributed by atoms with van der Waals surface area (Å²) in [7, 11) is 1.33. The van der Waals surface area contributed by atoms with Crippen LogP contribution in [0.1, 0.15) is 13.8 Å². The largest absolute Gasteiger partial charge is 0.248 e. The van der Waals surface area contributed by atoms with E-state index in [1.54, 1.807) is 18.4 Å². The van der Waals surface area contributed by atoms with Gasteiger partial charge in [0.15, 0.2) is 0 Å². The summed E-state index contributed by atoms with van der Waals surface area (Å²) in [4.78, 5) is 0.797. The van der Waals surface area contributed by atoms with E-state index in [9.17, 15) is 4.21 Å². The summed E-state index contributed by atoms with van der Waals surface area (Å²) in [6, 6.07) is 0. The van der Waals surface area contributed by atoms with Crippen LogP contribution in [0.3, 0.4) is 0 Å². The van der Waals surface area contributed by atoms with Gasteiger partial charge in [-0.15, -0.1) is 0 Å². The van der Waals surface area contributed by atoms with Crippen molar-refractivity contribution in [2.24, 2.45) is 0 Å². The molecule has 0 bridgehead atoms. The lowest BCUT2D eigenvalue weighted by Gasteiger charge is -2.16. The lowest BCUT2D eigenvalue weighted by Crippen LogP contribution is -2.22. The van der Waals surface area contributed by atoms with Gasteiger partial charge in [-0.1, -0.05) is 18.2 Å². The van der Waals surface area contributed by atoms with E-state index >= 15 is 0 Å². The van der Waals surface area contributed by atoms with Crippen LogP contribution in [0.5, 0.6) is 0 Å². The van der Waals surface area contributed by atoms with Gasteiger partial charge in [0.1, 0.15) is 0 Å². The van der Waals surface area contributed by atoms with Gasteiger partial charge in [-0.3, -0.25) is 0 Å². The average Bonchev–Trinajstić information content (AvgIpc) is 1.99. The van der Waals surface area contributed by atoms with Crippen molar-refractivity contribution < 1.29 is 4.21 Å². The van der Waals surface area contributed by atoms with Crippen LogP contribution in [0.2, 0.25) is 0 Å². The van der Waals surface area contributed by atoms with E-state index in [-0.39, 0.29) is 0 Å². The fraction of sp³-hybridized carbons (Fsp3) is 0.444. The Kier molecular flexibility index (Phi) is 4.28. The Hall–Kier alpha value is -0.540. The molecular weight excluding hydrogens is 170 g/mol. The van der Waals surface area contributed by atoms with Gasteiger partial charge in [-0.05, 0) is 33.8 Å². The minimum atomic E-state index is -2.21. The van der Waals surface area contributed by atoms with Crippen molar-refractivity contribution in [1.82, 2.24) is 4.31 Å². The minimum Gasteiger partial charge on any atom is -0.248 e. The fourth-order valence-electron chi connectivity index (χ4n) is 0.626. The number of hydrogen-bond acceptors (Lipinski definition) is 1. The minimum absolute atomic E-state index is 0.797. The van der Waals surface area contributed by atoms with E-state index in [0.717, 1.165) is 4.91 Å². The molecule has 0 amide bonds. The zero-order chi connectivity index (χ0) is 9.78. The average molecular weight is 187 g/mol. The first-order valence-corrected chi connectivity index (χ1v) is 5.45. The standard InChI is InChI=1S/C9H17NOS/c1-6-7-8-9(2)12(5,11)10(3)4/h6-8H,5H2,1-4H3. The molecule has 0 aromatic rings. The highest BCUT2D eigenvalue weighted by Gasteiger charge is 2.07. The normalized spacial score (nSPS) is 18.6. The highest BCUT2D eigenvalue weighted by atomic mass is 32.2. The summed E-state index contributed by atoms with van der Waals surface area (Å²) in [6.45, 7) is 3.75. The molecule has 0 saturated carbocycles. The van der Waals surface area contributed by atoms with Gasteiger partial charge >= 0.3 is 0 Å². The van der Waals surface area contributed by atoms with E-state index in [0.29, 0.717) is 0 Å². The Morgan fingerprint density at radius 3 is 2.33 bits per heavy atom. The molecule has 0 N–H and O–H groups in total. The zero-order valence-electron chi connectivity index (χ0n) is 8.20. The molecule has 0 aliphatic rings. The van der Waals surface area contributed by atoms with Crippen LogP contribution in [0.4, 0.5) is 0 Å². The van der Waals surface area contributed by atoms with Crippen molar-refractivity contribution in [1.29, 1.82) is 0 Å². The quantitative estimate of drug-likeness (QED) is 0.486. The van der Waals surface area contributed by atoms with E-state index < -0.39 is 9.71 Å². The molecule has 0 aliphatic carbocycles. The Labute approximate surface area is 75.7 Å². The van der Waals surface area contributed by atoms with E-state index in [1.165, 1.54) is 0 Å². The lowest BCUT2D eigenvalue weighted by molar-refractivity contribution is 0.605. The van der Waals surface area contributed by atoms with Crippen molar-refractivity contribution in [2.75, 3.05) is 14.1 Å². The Morgan fingerprint density at radius 2 is 2.00 bits per heavy atom. The van der Waals surface area contributed by atoms with Crippen LogP contribution in [-0.4, -0.2) is 28.5 Å². The van der Waals surface area contributed by atoms with Crippen molar-refractivity contribution in [3.05, 3.63) is 23.1 Å². The first-order chi connectivity index (χ1) is 5.42. The first-order valence-electron chi connectivity index (χ1n) is 3.77. The van der Waals surface area contributed by atoms with Crippen LogP contribution in [0.25, 0.3) is 0 Å². The SMILES string of the molecule is C=S(=O)(C(C)=CC=CC)N(C)C. The number of allylic oxidation sites excluding steroid dienone is 4. The second kappa shape index (κ2) is 4.48. The molecule has 0 aliphatic heterocycles. The highest BCUT2D eigenvalue weighted by Crippen LogP contribution is 2.08. The van der Waals surface area contributed by atoms with Crippen molar-refractivity contribution >= 4 is 15.6 Å². The Balaban J connectivity index is 4.82. The molecule has 2 nitrogen and oxygen atoms in total. The number of nitrogens with zero attached hydrogens (tertiary/aromatic N) is 1. The lowest BCUT2D eigenvalue weighted by atomic mass is 10.5. The second-order valence-electron chi connectivity index (χ2n) is 2.76.